The second-order valence-corrected chi connectivity index (χ2v) is 5.34. The summed E-state index contributed by atoms with van der Waals surface area (Å²) in [6.07, 6.45) is 1.84. The average molecular weight is 277 g/mol. The second-order valence-electron chi connectivity index (χ2n) is 4.90. The molecule has 2 N–H and O–H groups in total. The maximum Gasteiger partial charge on any atom is 0.124 e. The van der Waals surface area contributed by atoms with Gasteiger partial charge in [0, 0.05) is 43.2 Å². The zero-order chi connectivity index (χ0) is 13.1. The Bertz CT molecular complexity index is 535. The van der Waals surface area contributed by atoms with Crippen LogP contribution in [0.15, 0.2) is 36.5 Å². The highest BCUT2D eigenvalue weighted by Crippen LogP contribution is 2.15. The molecule has 1 aliphatic rings. The van der Waals surface area contributed by atoms with Crippen molar-refractivity contribution in [3.63, 3.8) is 0 Å². The van der Waals surface area contributed by atoms with Gasteiger partial charge in [-0.3, -0.25) is 0 Å². The van der Waals surface area contributed by atoms with Crippen LogP contribution in [-0.2, 0) is 13.1 Å². The summed E-state index contributed by atoms with van der Waals surface area (Å²) in [6.45, 7) is 3.83. The Hall–Kier alpha value is -1.52. The monoisotopic (exact) mass is 276 g/mol. The molecule has 1 aromatic carbocycles. The van der Waals surface area contributed by atoms with Gasteiger partial charge in [0.1, 0.15) is 5.82 Å². The quantitative estimate of drug-likeness (QED) is 0.901. The molecule has 100 valence electrons. The van der Waals surface area contributed by atoms with Crippen LogP contribution in [0.2, 0.25) is 5.02 Å². The zero-order valence-electron chi connectivity index (χ0n) is 10.6. The fraction of sp³-hybridized carbons (Fsp3) is 0.357. The van der Waals surface area contributed by atoms with Crippen LogP contribution in [0.3, 0.4) is 0 Å². The van der Waals surface area contributed by atoms with Crippen LogP contribution < -0.4 is 10.6 Å². The molecule has 1 aliphatic heterocycles. The van der Waals surface area contributed by atoms with E-state index in [-0.39, 0.29) is 0 Å². The standard InChI is InChI=1S/C14H17ClN4/c15-13-3-1-11(2-4-13)7-16-8-12-9-17-14-5-6-18-19(14)10-12/h1-6,12,16-17H,7-10H2/t12-/m1/s1. The number of fused-ring (bicyclic) bond motifs is 1. The molecule has 0 bridgehead atoms. The Morgan fingerprint density at radius 3 is 3.00 bits per heavy atom. The van der Waals surface area contributed by atoms with E-state index in [2.05, 4.69) is 27.9 Å². The first kappa shape index (κ1) is 12.5. The highest BCUT2D eigenvalue weighted by atomic mass is 35.5. The van der Waals surface area contributed by atoms with Gasteiger partial charge in [0.15, 0.2) is 0 Å². The summed E-state index contributed by atoms with van der Waals surface area (Å²) < 4.78 is 2.03. The van der Waals surface area contributed by atoms with E-state index in [1.165, 1.54) is 5.56 Å². The molecule has 0 fully saturated rings. The third-order valence-corrected chi connectivity index (χ3v) is 3.65. The van der Waals surface area contributed by atoms with Gasteiger partial charge in [0.2, 0.25) is 0 Å². The van der Waals surface area contributed by atoms with Gasteiger partial charge >= 0.3 is 0 Å². The lowest BCUT2D eigenvalue weighted by Crippen LogP contribution is -2.35. The zero-order valence-corrected chi connectivity index (χ0v) is 11.4. The van der Waals surface area contributed by atoms with Crippen molar-refractivity contribution >= 4 is 17.4 Å². The molecule has 0 spiro atoms. The molecule has 5 heteroatoms. The minimum Gasteiger partial charge on any atom is -0.370 e. The van der Waals surface area contributed by atoms with Crippen LogP contribution in [-0.4, -0.2) is 22.9 Å². The van der Waals surface area contributed by atoms with Crippen LogP contribution in [0.25, 0.3) is 0 Å². The predicted octanol–water partition coefficient (Wildman–Crippen LogP) is 2.37. The number of nitrogens with zero attached hydrogens (tertiary/aromatic N) is 2. The first-order chi connectivity index (χ1) is 9.31. The maximum absolute atomic E-state index is 5.87. The van der Waals surface area contributed by atoms with Crippen LogP contribution in [0.5, 0.6) is 0 Å². The van der Waals surface area contributed by atoms with E-state index < -0.39 is 0 Å². The first-order valence-electron chi connectivity index (χ1n) is 6.52. The van der Waals surface area contributed by atoms with E-state index in [0.29, 0.717) is 5.92 Å². The van der Waals surface area contributed by atoms with E-state index in [4.69, 9.17) is 11.6 Å². The molecule has 1 atom stereocenters. The van der Waals surface area contributed by atoms with Crippen molar-refractivity contribution in [3.05, 3.63) is 47.1 Å². The van der Waals surface area contributed by atoms with E-state index in [9.17, 15) is 0 Å². The number of anilines is 1. The van der Waals surface area contributed by atoms with Gasteiger partial charge in [-0.2, -0.15) is 5.10 Å². The van der Waals surface area contributed by atoms with Gasteiger partial charge in [0.25, 0.3) is 0 Å². The smallest absolute Gasteiger partial charge is 0.124 e. The summed E-state index contributed by atoms with van der Waals surface area (Å²) in [5.74, 6) is 1.69. The first-order valence-corrected chi connectivity index (χ1v) is 6.90. The lowest BCUT2D eigenvalue weighted by atomic mass is 10.1. The molecule has 0 saturated carbocycles. The highest BCUT2D eigenvalue weighted by Gasteiger charge is 2.17. The minimum absolute atomic E-state index is 0.569. The molecule has 2 heterocycles. The molecule has 4 nitrogen and oxygen atoms in total. The molecule has 19 heavy (non-hydrogen) atoms. The number of hydrogen-bond acceptors (Lipinski definition) is 3. The van der Waals surface area contributed by atoms with Crippen LogP contribution >= 0.6 is 11.6 Å². The van der Waals surface area contributed by atoms with E-state index in [1.807, 2.05) is 29.1 Å². The van der Waals surface area contributed by atoms with Crippen molar-refractivity contribution in [1.29, 1.82) is 0 Å². The number of rotatable bonds is 4. The van der Waals surface area contributed by atoms with Gasteiger partial charge in [0.05, 0.1) is 6.20 Å². The van der Waals surface area contributed by atoms with Crippen LogP contribution in [0.1, 0.15) is 5.56 Å². The molecule has 0 amide bonds. The SMILES string of the molecule is Clc1ccc(CNC[C@@H]2CNc3ccnn3C2)cc1. The molecule has 1 aromatic heterocycles. The fourth-order valence-corrected chi connectivity index (χ4v) is 2.47. The molecule has 0 aliphatic carbocycles. The number of benzene rings is 1. The summed E-state index contributed by atoms with van der Waals surface area (Å²) in [7, 11) is 0. The minimum atomic E-state index is 0.569. The normalized spacial score (nSPS) is 17.8. The van der Waals surface area contributed by atoms with Gasteiger partial charge in [-0.25, -0.2) is 4.68 Å². The molecule has 3 rings (SSSR count). The number of nitrogens with one attached hydrogen (secondary N) is 2. The van der Waals surface area contributed by atoms with Gasteiger partial charge < -0.3 is 10.6 Å². The van der Waals surface area contributed by atoms with Crippen molar-refractivity contribution in [2.24, 2.45) is 5.92 Å². The second kappa shape index (κ2) is 5.63. The Morgan fingerprint density at radius 1 is 1.32 bits per heavy atom. The Morgan fingerprint density at radius 2 is 2.16 bits per heavy atom. The van der Waals surface area contributed by atoms with Crippen molar-refractivity contribution < 1.29 is 0 Å². The molecule has 0 radical (unpaired) electrons. The molecular formula is C14H17ClN4. The van der Waals surface area contributed by atoms with Gasteiger partial charge in [-0.05, 0) is 17.7 Å². The van der Waals surface area contributed by atoms with Crippen molar-refractivity contribution in [2.45, 2.75) is 13.1 Å². The molecule has 2 aromatic rings. The van der Waals surface area contributed by atoms with Crippen LogP contribution in [0, 0.1) is 5.92 Å². The number of aromatic nitrogens is 2. The lowest BCUT2D eigenvalue weighted by molar-refractivity contribution is 0.391. The summed E-state index contributed by atoms with van der Waals surface area (Å²) in [5.41, 5.74) is 1.26. The van der Waals surface area contributed by atoms with E-state index >= 15 is 0 Å². The Kier molecular flexibility index (Phi) is 3.71. The topological polar surface area (TPSA) is 41.9 Å². The van der Waals surface area contributed by atoms with Gasteiger partial charge in [-0.15, -0.1) is 0 Å². The average Bonchev–Trinajstić information content (AvgIpc) is 2.88. The molecule has 0 unspecified atom stereocenters. The van der Waals surface area contributed by atoms with E-state index in [1.54, 1.807) is 0 Å². The largest absolute Gasteiger partial charge is 0.370 e. The number of hydrogen-bond donors (Lipinski definition) is 2. The predicted molar refractivity (Wildman–Crippen MR) is 77.4 cm³/mol. The lowest BCUT2D eigenvalue weighted by Gasteiger charge is -2.25. The van der Waals surface area contributed by atoms with Crippen molar-refractivity contribution in [1.82, 2.24) is 15.1 Å². The van der Waals surface area contributed by atoms with Crippen molar-refractivity contribution in [2.75, 3.05) is 18.4 Å². The fourth-order valence-electron chi connectivity index (χ4n) is 2.35. The van der Waals surface area contributed by atoms with Crippen LogP contribution in [0.4, 0.5) is 5.82 Å². The third-order valence-electron chi connectivity index (χ3n) is 3.39. The Balaban J connectivity index is 1.47. The van der Waals surface area contributed by atoms with E-state index in [0.717, 1.165) is 37.0 Å². The number of halogens is 1. The maximum atomic E-state index is 5.87. The summed E-state index contributed by atoms with van der Waals surface area (Å²) >= 11 is 5.87. The van der Waals surface area contributed by atoms with Gasteiger partial charge in [-0.1, -0.05) is 23.7 Å². The summed E-state index contributed by atoms with van der Waals surface area (Å²) in [6, 6.07) is 9.98. The highest BCUT2D eigenvalue weighted by molar-refractivity contribution is 6.30. The van der Waals surface area contributed by atoms with Crippen molar-refractivity contribution in [3.8, 4) is 0 Å². The Labute approximate surface area is 117 Å². The third kappa shape index (κ3) is 3.08. The summed E-state index contributed by atoms with van der Waals surface area (Å²) in [5, 5.41) is 12.0. The molecular weight excluding hydrogens is 260 g/mol. The molecule has 0 saturated heterocycles. The summed E-state index contributed by atoms with van der Waals surface area (Å²) in [4.78, 5) is 0.